The second-order valence-corrected chi connectivity index (χ2v) is 5.48. The lowest BCUT2D eigenvalue weighted by atomic mass is 9.92. The maximum Gasteiger partial charge on any atom is 0.141 e. The molecule has 0 unspecified atom stereocenters. The van der Waals surface area contributed by atoms with Crippen LogP contribution < -0.4 is 11.1 Å². The molecule has 0 bridgehead atoms. The summed E-state index contributed by atoms with van der Waals surface area (Å²) in [7, 11) is 0. The Balaban J connectivity index is 1.80. The molecule has 2 aromatic heterocycles. The Bertz CT molecular complexity index is 651. The van der Waals surface area contributed by atoms with Crippen molar-refractivity contribution in [3.05, 3.63) is 30.5 Å². The van der Waals surface area contributed by atoms with Crippen LogP contribution in [0.2, 0.25) is 0 Å². The summed E-state index contributed by atoms with van der Waals surface area (Å²) < 4.78 is 0. The van der Waals surface area contributed by atoms with Crippen molar-refractivity contribution in [2.45, 2.75) is 37.8 Å². The molecule has 5 N–H and O–H groups in total. The number of allylic oxidation sites excluding steroid dienone is 1. The monoisotopic (exact) mass is 284 g/mol. The van der Waals surface area contributed by atoms with Crippen molar-refractivity contribution in [2.75, 3.05) is 0 Å². The van der Waals surface area contributed by atoms with E-state index in [-0.39, 0.29) is 0 Å². The summed E-state index contributed by atoms with van der Waals surface area (Å²) in [5.41, 5.74) is 8.24. The first-order valence-corrected chi connectivity index (χ1v) is 7.28. The Morgan fingerprint density at radius 2 is 2.14 bits per heavy atom. The van der Waals surface area contributed by atoms with Gasteiger partial charge in [-0.2, -0.15) is 0 Å². The van der Waals surface area contributed by atoms with Crippen molar-refractivity contribution in [3.63, 3.8) is 0 Å². The van der Waals surface area contributed by atoms with E-state index in [1.807, 2.05) is 18.5 Å². The predicted octanol–water partition coefficient (Wildman–Crippen LogP) is 1.81. The van der Waals surface area contributed by atoms with Crippen molar-refractivity contribution in [2.24, 2.45) is 5.73 Å². The minimum absolute atomic E-state index is 0.343. The molecule has 1 aliphatic rings. The van der Waals surface area contributed by atoms with Crippen LogP contribution in [0.4, 0.5) is 0 Å². The lowest BCUT2D eigenvalue weighted by Crippen LogP contribution is -2.35. The van der Waals surface area contributed by atoms with E-state index in [1.165, 1.54) is 12.5 Å². The van der Waals surface area contributed by atoms with Gasteiger partial charge < -0.3 is 21.4 Å². The fourth-order valence-corrected chi connectivity index (χ4v) is 2.77. The van der Waals surface area contributed by atoms with Crippen LogP contribution in [-0.2, 0) is 0 Å². The van der Waals surface area contributed by atoms with Crippen molar-refractivity contribution >= 4 is 22.8 Å². The number of nitrogens with two attached hydrogens (primary N) is 1. The maximum absolute atomic E-state index is 7.65. The van der Waals surface area contributed by atoms with E-state index < -0.39 is 0 Å². The average Bonchev–Trinajstić information content (AvgIpc) is 2.99. The zero-order chi connectivity index (χ0) is 14.7. The Hall–Kier alpha value is -2.21. The standard InChI is InChI=1S/C15H20N6/c16-7-10(8-19-12-3-1-11(17)2-4-12)14-13-5-6-18-15(13)21-9-20-14/h5-9,11-12,16,19H,1-4,17H2,(H,18,20,21)/b10-8+,16-7?. The van der Waals surface area contributed by atoms with Crippen molar-refractivity contribution < 1.29 is 0 Å². The predicted molar refractivity (Wildman–Crippen MR) is 84.0 cm³/mol. The summed E-state index contributed by atoms with van der Waals surface area (Å²) in [4.78, 5) is 11.6. The quantitative estimate of drug-likeness (QED) is 0.643. The number of aromatic nitrogens is 3. The molecule has 1 fully saturated rings. The summed E-state index contributed by atoms with van der Waals surface area (Å²) in [5, 5.41) is 12.0. The first kappa shape index (κ1) is 13.8. The Labute approximate surface area is 123 Å². The topological polar surface area (TPSA) is 103 Å². The zero-order valence-electron chi connectivity index (χ0n) is 11.8. The number of H-pyrrole nitrogens is 1. The van der Waals surface area contributed by atoms with Gasteiger partial charge in [-0.3, -0.25) is 0 Å². The Kier molecular flexibility index (Phi) is 3.96. The number of hydrogen-bond acceptors (Lipinski definition) is 5. The van der Waals surface area contributed by atoms with E-state index in [0.717, 1.165) is 48.0 Å². The van der Waals surface area contributed by atoms with Gasteiger partial charge in [0.25, 0.3) is 0 Å². The van der Waals surface area contributed by atoms with Crippen LogP contribution in [0.5, 0.6) is 0 Å². The molecule has 0 aromatic carbocycles. The fourth-order valence-electron chi connectivity index (χ4n) is 2.77. The van der Waals surface area contributed by atoms with Gasteiger partial charge in [-0.25, -0.2) is 9.97 Å². The van der Waals surface area contributed by atoms with Crippen LogP contribution in [0.1, 0.15) is 31.4 Å². The lowest BCUT2D eigenvalue weighted by molar-refractivity contribution is 0.366. The number of nitrogens with zero attached hydrogens (tertiary/aromatic N) is 2. The van der Waals surface area contributed by atoms with Crippen molar-refractivity contribution in [1.29, 1.82) is 5.41 Å². The van der Waals surface area contributed by atoms with Crippen LogP contribution in [-0.4, -0.2) is 33.3 Å². The highest BCUT2D eigenvalue weighted by molar-refractivity contribution is 6.11. The van der Waals surface area contributed by atoms with Gasteiger partial charge in [-0.15, -0.1) is 0 Å². The molecule has 110 valence electrons. The summed E-state index contributed by atoms with van der Waals surface area (Å²) in [6.45, 7) is 0. The molecule has 21 heavy (non-hydrogen) atoms. The first-order valence-electron chi connectivity index (χ1n) is 7.28. The highest BCUT2D eigenvalue weighted by atomic mass is 14.9. The molecule has 0 radical (unpaired) electrons. The number of nitrogens with one attached hydrogen (secondary N) is 3. The number of hydrogen-bond donors (Lipinski definition) is 4. The second kappa shape index (κ2) is 6.05. The molecule has 3 rings (SSSR count). The molecule has 6 heteroatoms. The van der Waals surface area contributed by atoms with Gasteiger partial charge in [0.05, 0.1) is 5.69 Å². The van der Waals surface area contributed by atoms with Crippen LogP contribution >= 0.6 is 0 Å². The van der Waals surface area contributed by atoms with Gasteiger partial charge in [0.2, 0.25) is 0 Å². The molecule has 0 saturated heterocycles. The Morgan fingerprint density at radius 3 is 2.90 bits per heavy atom. The van der Waals surface area contributed by atoms with Gasteiger partial charge in [0, 0.05) is 41.7 Å². The molecular formula is C15H20N6. The molecule has 2 aromatic rings. The van der Waals surface area contributed by atoms with E-state index in [9.17, 15) is 0 Å². The minimum atomic E-state index is 0.343. The van der Waals surface area contributed by atoms with Gasteiger partial charge >= 0.3 is 0 Å². The molecule has 0 aliphatic heterocycles. The number of rotatable bonds is 4. The second-order valence-electron chi connectivity index (χ2n) is 5.48. The van der Waals surface area contributed by atoms with Crippen LogP contribution in [0.3, 0.4) is 0 Å². The van der Waals surface area contributed by atoms with E-state index in [2.05, 4.69) is 20.3 Å². The van der Waals surface area contributed by atoms with Gasteiger partial charge in [-0.1, -0.05) is 0 Å². The first-order chi connectivity index (χ1) is 10.3. The third-order valence-corrected chi connectivity index (χ3v) is 4.03. The lowest BCUT2D eigenvalue weighted by Gasteiger charge is -2.26. The van der Waals surface area contributed by atoms with Crippen LogP contribution in [0, 0.1) is 5.41 Å². The molecule has 0 spiro atoms. The molecule has 0 amide bonds. The smallest absolute Gasteiger partial charge is 0.141 e. The third-order valence-electron chi connectivity index (χ3n) is 4.03. The van der Waals surface area contributed by atoms with Crippen LogP contribution in [0.15, 0.2) is 24.8 Å². The van der Waals surface area contributed by atoms with E-state index in [1.54, 1.807) is 0 Å². The largest absolute Gasteiger partial charge is 0.388 e. The zero-order valence-corrected chi connectivity index (χ0v) is 11.8. The highest BCUT2D eigenvalue weighted by Gasteiger charge is 2.17. The fraction of sp³-hybridized carbons (Fsp3) is 0.400. The van der Waals surface area contributed by atoms with Crippen LogP contribution in [0.25, 0.3) is 16.6 Å². The van der Waals surface area contributed by atoms with Gasteiger partial charge in [-0.05, 0) is 31.7 Å². The third kappa shape index (κ3) is 2.95. The molecule has 1 saturated carbocycles. The molecule has 2 heterocycles. The van der Waals surface area contributed by atoms with Crippen molar-refractivity contribution in [3.8, 4) is 0 Å². The minimum Gasteiger partial charge on any atom is -0.388 e. The molecule has 0 atom stereocenters. The van der Waals surface area contributed by atoms with E-state index in [0.29, 0.717) is 12.1 Å². The van der Waals surface area contributed by atoms with Crippen molar-refractivity contribution in [1.82, 2.24) is 20.3 Å². The molecule has 1 aliphatic carbocycles. The molecular weight excluding hydrogens is 264 g/mol. The number of fused-ring (bicyclic) bond motifs is 1. The summed E-state index contributed by atoms with van der Waals surface area (Å²) >= 11 is 0. The normalized spacial score (nSPS) is 23.2. The maximum atomic E-state index is 7.65. The molecule has 6 nitrogen and oxygen atoms in total. The summed E-state index contributed by atoms with van der Waals surface area (Å²) in [6.07, 6.45) is 10.8. The highest BCUT2D eigenvalue weighted by Crippen LogP contribution is 2.20. The summed E-state index contributed by atoms with van der Waals surface area (Å²) in [6, 6.07) is 2.71. The van der Waals surface area contributed by atoms with Gasteiger partial charge in [0.15, 0.2) is 0 Å². The summed E-state index contributed by atoms with van der Waals surface area (Å²) in [5.74, 6) is 0. The van der Waals surface area contributed by atoms with Gasteiger partial charge in [0.1, 0.15) is 12.0 Å². The Morgan fingerprint density at radius 1 is 1.33 bits per heavy atom. The van der Waals surface area contributed by atoms with E-state index >= 15 is 0 Å². The SMILES string of the molecule is N=C/C(=C\NC1CCC(N)CC1)c1ncnc2[nH]ccc12. The average molecular weight is 284 g/mol. The van der Waals surface area contributed by atoms with E-state index in [4.69, 9.17) is 11.1 Å². The number of aromatic amines is 1.